The molecule has 0 radical (unpaired) electrons. The first kappa shape index (κ1) is 22.8. The number of carbonyl (C=O) groups is 3. The van der Waals surface area contributed by atoms with Gasteiger partial charge < -0.3 is 16.2 Å². The van der Waals surface area contributed by atoms with E-state index in [0.717, 1.165) is 21.2 Å². The Morgan fingerprint density at radius 3 is 2.17 bits per heavy atom. The number of amidine groups is 1. The number of rotatable bonds is 6. The van der Waals surface area contributed by atoms with Gasteiger partial charge in [-0.25, -0.2) is 9.59 Å². The maximum absolute atomic E-state index is 14.0. The first-order valence-electron chi connectivity index (χ1n) is 11.2. The molecule has 1 unspecified atom stereocenters. The summed E-state index contributed by atoms with van der Waals surface area (Å²) in [6.45, 7) is 0.0344. The lowest BCUT2D eigenvalue weighted by molar-refractivity contribution is -0.130. The van der Waals surface area contributed by atoms with Crippen LogP contribution in [0.4, 0.5) is 4.79 Å². The average Bonchev–Trinajstić information content (AvgIpc) is 3.14. The Morgan fingerprint density at radius 1 is 0.861 bits per heavy atom. The molecule has 0 bridgehead atoms. The van der Waals surface area contributed by atoms with E-state index in [1.165, 1.54) is 12.1 Å². The quantitative estimate of drug-likeness (QED) is 0.190. The predicted molar refractivity (Wildman–Crippen MR) is 135 cm³/mol. The Hall–Kier alpha value is -4.98. The van der Waals surface area contributed by atoms with Gasteiger partial charge in [-0.3, -0.25) is 15.1 Å². The van der Waals surface area contributed by atoms with Crippen LogP contribution in [0.25, 0.3) is 10.8 Å². The molecule has 0 aromatic heterocycles. The first-order chi connectivity index (χ1) is 17.3. The fraction of sp³-hybridized carbons (Fsp3) is 0.0714. The summed E-state index contributed by atoms with van der Waals surface area (Å²) >= 11 is 0. The number of carboxylic acid groups (broad SMARTS) is 1. The molecule has 1 atom stereocenters. The molecule has 178 valence electrons. The van der Waals surface area contributed by atoms with Crippen LogP contribution in [0, 0.1) is 5.41 Å². The van der Waals surface area contributed by atoms with E-state index in [-0.39, 0.29) is 17.9 Å². The molecule has 8 heteroatoms. The Morgan fingerprint density at radius 2 is 1.50 bits per heavy atom. The lowest BCUT2D eigenvalue weighted by atomic mass is 9.82. The molecule has 0 saturated carbocycles. The molecule has 4 aromatic rings. The van der Waals surface area contributed by atoms with Crippen molar-refractivity contribution >= 4 is 34.5 Å². The number of nitrogens with two attached hydrogens (primary N) is 1. The molecular formula is C28H22N4O4. The van der Waals surface area contributed by atoms with E-state index in [4.69, 9.17) is 11.1 Å². The number of hydrogen-bond donors (Lipinski definition) is 4. The van der Waals surface area contributed by atoms with E-state index in [0.29, 0.717) is 16.7 Å². The number of carbonyl (C=O) groups excluding carboxylic acids is 2. The number of urea groups is 1. The molecule has 0 spiro atoms. The molecular weight excluding hydrogens is 456 g/mol. The van der Waals surface area contributed by atoms with E-state index in [1.807, 2.05) is 30.3 Å². The average molecular weight is 479 g/mol. The molecule has 5 N–H and O–H groups in total. The smallest absolute Gasteiger partial charge is 0.335 e. The summed E-state index contributed by atoms with van der Waals surface area (Å²) in [6.07, 6.45) is 0. The van der Waals surface area contributed by atoms with Crippen LogP contribution in [0.1, 0.15) is 32.6 Å². The molecule has 1 heterocycles. The van der Waals surface area contributed by atoms with E-state index in [1.54, 1.807) is 48.5 Å². The predicted octanol–water partition coefficient (Wildman–Crippen LogP) is 3.82. The van der Waals surface area contributed by atoms with E-state index >= 15 is 0 Å². The number of benzene rings is 4. The molecule has 1 fully saturated rings. The van der Waals surface area contributed by atoms with E-state index in [2.05, 4.69) is 5.32 Å². The highest BCUT2D eigenvalue weighted by atomic mass is 16.4. The van der Waals surface area contributed by atoms with Gasteiger partial charge in [-0.1, -0.05) is 66.7 Å². The zero-order valence-corrected chi connectivity index (χ0v) is 19.1. The zero-order chi connectivity index (χ0) is 25.4. The topological polar surface area (TPSA) is 137 Å². The number of amides is 3. The third-order valence-corrected chi connectivity index (χ3v) is 6.43. The van der Waals surface area contributed by atoms with Crippen LogP contribution in [0.3, 0.4) is 0 Å². The van der Waals surface area contributed by atoms with Crippen molar-refractivity contribution in [2.45, 2.75) is 12.1 Å². The number of hydrogen-bond acceptors (Lipinski definition) is 4. The minimum Gasteiger partial charge on any atom is -0.478 e. The summed E-state index contributed by atoms with van der Waals surface area (Å²) in [5, 5.41) is 21.6. The highest BCUT2D eigenvalue weighted by Crippen LogP contribution is 2.37. The fourth-order valence-electron chi connectivity index (χ4n) is 4.57. The SMILES string of the molecule is N=C(N)c1ccc2ccc(CN3C(=O)NC(c4ccccc4)(c4ccc(C(=O)O)cc4)C3=O)cc2c1. The van der Waals surface area contributed by atoms with Crippen molar-refractivity contribution in [2.24, 2.45) is 5.73 Å². The van der Waals surface area contributed by atoms with Crippen LogP contribution in [0.2, 0.25) is 0 Å². The van der Waals surface area contributed by atoms with Crippen molar-refractivity contribution in [3.05, 3.63) is 119 Å². The number of nitrogens with zero attached hydrogens (tertiary/aromatic N) is 1. The second-order valence-corrected chi connectivity index (χ2v) is 8.63. The third kappa shape index (κ3) is 3.74. The van der Waals surface area contributed by atoms with Crippen LogP contribution >= 0.6 is 0 Å². The van der Waals surface area contributed by atoms with Gasteiger partial charge in [-0.15, -0.1) is 0 Å². The van der Waals surface area contributed by atoms with Gasteiger partial charge in [0.05, 0.1) is 12.1 Å². The molecule has 1 aliphatic rings. The van der Waals surface area contributed by atoms with E-state index < -0.39 is 23.4 Å². The Labute approximate surface area is 206 Å². The van der Waals surface area contributed by atoms with Crippen molar-refractivity contribution in [3.63, 3.8) is 0 Å². The van der Waals surface area contributed by atoms with Gasteiger partial charge in [0.2, 0.25) is 0 Å². The largest absolute Gasteiger partial charge is 0.478 e. The van der Waals surface area contributed by atoms with Gasteiger partial charge >= 0.3 is 12.0 Å². The minimum absolute atomic E-state index is 0.0344. The lowest BCUT2D eigenvalue weighted by Gasteiger charge is -2.28. The summed E-state index contributed by atoms with van der Waals surface area (Å²) in [5.41, 5.74) is 6.56. The van der Waals surface area contributed by atoms with Crippen molar-refractivity contribution in [3.8, 4) is 0 Å². The maximum atomic E-state index is 14.0. The third-order valence-electron chi connectivity index (χ3n) is 6.43. The highest BCUT2D eigenvalue weighted by Gasteiger charge is 2.53. The van der Waals surface area contributed by atoms with Crippen LogP contribution in [0.5, 0.6) is 0 Å². The van der Waals surface area contributed by atoms with Crippen LogP contribution in [0.15, 0.2) is 91.0 Å². The molecule has 4 aromatic carbocycles. The van der Waals surface area contributed by atoms with E-state index in [9.17, 15) is 19.5 Å². The van der Waals surface area contributed by atoms with Gasteiger partial charge in [-0.2, -0.15) is 0 Å². The Balaban J connectivity index is 1.55. The number of nitrogen functional groups attached to an aromatic ring is 1. The summed E-state index contributed by atoms with van der Waals surface area (Å²) in [5.74, 6) is -1.58. The van der Waals surface area contributed by atoms with Crippen LogP contribution in [-0.4, -0.2) is 33.7 Å². The van der Waals surface area contributed by atoms with Crippen molar-refractivity contribution in [1.29, 1.82) is 5.41 Å². The van der Waals surface area contributed by atoms with Gasteiger partial charge in [0, 0.05) is 5.56 Å². The second-order valence-electron chi connectivity index (χ2n) is 8.63. The molecule has 1 aliphatic heterocycles. The Kier molecular flexibility index (Phi) is 5.49. The number of carboxylic acids is 1. The Bertz CT molecular complexity index is 1530. The summed E-state index contributed by atoms with van der Waals surface area (Å²) in [6, 6.07) is 25.3. The van der Waals surface area contributed by atoms with Gasteiger partial charge in [0.25, 0.3) is 5.91 Å². The zero-order valence-electron chi connectivity index (χ0n) is 19.1. The lowest BCUT2D eigenvalue weighted by Crippen LogP contribution is -2.45. The van der Waals surface area contributed by atoms with Crippen molar-refractivity contribution < 1.29 is 19.5 Å². The molecule has 3 amide bonds. The number of nitrogens with one attached hydrogen (secondary N) is 2. The molecule has 1 saturated heterocycles. The van der Waals surface area contributed by atoms with Crippen molar-refractivity contribution in [2.75, 3.05) is 0 Å². The molecule has 8 nitrogen and oxygen atoms in total. The molecule has 5 rings (SSSR count). The highest BCUT2D eigenvalue weighted by molar-refractivity contribution is 6.09. The number of fused-ring (bicyclic) bond motifs is 1. The monoisotopic (exact) mass is 478 g/mol. The number of imide groups is 1. The summed E-state index contributed by atoms with van der Waals surface area (Å²) < 4.78 is 0. The minimum atomic E-state index is -1.49. The number of aromatic carboxylic acids is 1. The van der Waals surface area contributed by atoms with Crippen LogP contribution < -0.4 is 11.1 Å². The first-order valence-corrected chi connectivity index (χ1v) is 11.2. The second kappa shape index (κ2) is 8.66. The fourth-order valence-corrected chi connectivity index (χ4v) is 4.57. The molecule has 36 heavy (non-hydrogen) atoms. The normalized spacial score (nSPS) is 17.3. The summed E-state index contributed by atoms with van der Waals surface area (Å²) in [7, 11) is 0. The van der Waals surface area contributed by atoms with Crippen molar-refractivity contribution in [1.82, 2.24) is 10.2 Å². The summed E-state index contributed by atoms with van der Waals surface area (Å²) in [4.78, 5) is 39.6. The van der Waals surface area contributed by atoms with Crippen LogP contribution in [-0.2, 0) is 16.9 Å². The van der Waals surface area contributed by atoms with Gasteiger partial charge in [0.1, 0.15) is 5.84 Å². The standard InChI is InChI=1S/C28H22N4O4/c29-24(30)20-9-8-18-7-6-17(14-21(18)15-20)16-32-26(35)28(31-27(32)36,22-4-2-1-3-5-22)23-12-10-19(11-13-23)25(33)34/h1-15H,16H2,(H3,29,30)(H,31,36)(H,33,34). The van der Waals surface area contributed by atoms with Gasteiger partial charge in [0.15, 0.2) is 5.54 Å². The molecule has 0 aliphatic carbocycles. The maximum Gasteiger partial charge on any atom is 0.335 e. The van der Waals surface area contributed by atoms with Gasteiger partial charge in [-0.05, 0) is 51.7 Å².